The van der Waals surface area contributed by atoms with Crippen molar-refractivity contribution in [1.82, 2.24) is 9.38 Å². The zero-order valence-electron chi connectivity index (χ0n) is 12.5. The zero-order chi connectivity index (χ0) is 13.7. The van der Waals surface area contributed by atoms with Crippen molar-refractivity contribution in [2.45, 2.75) is 40.0 Å². The van der Waals surface area contributed by atoms with Crippen LogP contribution in [-0.2, 0) is 6.42 Å². The summed E-state index contributed by atoms with van der Waals surface area (Å²) in [6.07, 6.45) is 7.29. The van der Waals surface area contributed by atoms with Crippen LogP contribution in [0.2, 0.25) is 0 Å². The summed E-state index contributed by atoms with van der Waals surface area (Å²) in [5, 5.41) is 0. The SMILES string of the molecule is CCCCN=c1c(CC(C)C)ncc2ccccn12.Cl. The van der Waals surface area contributed by atoms with E-state index in [-0.39, 0.29) is 12.4 Å². The van der Waals surface area contributed by atoms with Crippen LogP contribution in [0.1, 0.15) is 39.3 Å². The lowest BCUT2D eigenvalue weighted by Gasteiger charge is -2.09. The normalized spacial score (nSPS) is 11.9. The molecule has 0 aliphatic heterocycles. The van der Waals surface area contributed by atoms with Crippen molar-refractivity contribution >= 4 is 17.9 Å². The van der Waals surface area contributed by atoms with Crippen LogP contribution in [0.4, 0.5) is 0 Å². The molecular formula is C16H24ClN3. The predicted octanol–water partition coefficient (Wildman–Crippen LogP) is 3.66. The van der Waals surface area contributed by atoms with Gasteiger partial charge in [0.25, 0.3) is 0 Å². The van der Waals surface area contributed by atoms with Gasteiger partial charge in [0.05, 0.1) is 17.4 Å². The standard InChI is InChI=1S/C16H23N3.ClH/c1-4-5-9-17-16-15(11-13(2)3)18-12-14-8-6-7-10-19(14)16;/h6-8,10,12-13H,4-5,9,11H2,1-3H3;1H. The summed E-state index contributed by atoms with van der Waals surface area (Å²) in [6.45, 7) is 7.51. The third-order valence-electron chi connectivity index (χ3n) is 3.11. The third-order valence-corrected chi connectivity index (χ3v) is 3.11. The zero-order valence-corrected chi connectivity index (χ0v) is 13.4. The first-order valence-electron chi connectivity index (χ1n) is 7.18. The molecule has 0 unspecified atom stereocenters. The van der Waals surface area contributed by atoms with Gasteiger partial charge in [-0.15, -0.1) is 12.4 Å². The Morgan fingerprint density at radius 1 is 1.30 bits per heavy atom. The maximum Gasteiger partial charge on any atom is 0.154 e. The molecule has 4 heteroatoms. The van der Waals surface area contributed by atoms with Gasteiger partial charge in [0.1, 0.15) is 0 Å². The van der Waals surface area contributed by atoms with Gasteiger partial charge in [0, 0.05) is 12.7 Å². The van der Waals surface area contributed by atoms with Crippen LogP contribution >= 0.6 is 12.4 Å². The second-order valence-corrected chi connectivity index (χ2v) is 5.36. The van der Waals surface area contributed by atoms with Gasteiger partial charge in [0.2, 0.25) is 0 Å². The van der Waals surface area contributed by atoms with Crippen LogP contribution in [0.5, 0.6) is 0 Å². The van der Waals surface area contributed by atoms with E-state index in [0.29, 0.717) is 5.92 Å². The number of halogens is 1. The molecular weight excluding hydrogens is 270 g/mol. The van der Waals surface area contributed by atoms with Gasteiger partial charge in [-0.1, -0.05) is 33.3 Å². The minimum Gasteiger partial charge on any atom is -0.299 e. The number of unbranched alkanes of at least 4 members (excludes halogenated alkanes) is 1. The lowest BCUT2D eigenvalue weighted by Crippen LogP contribution is -2.23. The summed E-state index contributed by atoms with van der Waals surface area (Å²) in [5.41, 5.74) is 3.24. The van der Waals surface area contributed by atoms with Gasteiger partial charge in [-0.3, -0.25) is 14.4 Å². The van der Waals surface area contributed by atoms with Crippen LogP contribution in [0, 0.1) is 5.92 Å². The van der Waals surface area contributed by atoms with E-state index in [1.54, 1.807) is 0 Å². The molecule has 2 aromatic rings. The summed E-state index contributed by atoms with van der Waals surface area (Å²) >= 11 is 0. The highest BCUT2D eigenvalue weighted by Crippen LogP contribution is 2.04. The maximum absolute atomic E-state index is 4.78. The highest BCUT2D eigenvalue weighted by molar-refractivity contribution is 5.85. The van der Waals surface area contributed by atoms with Gasteiger partial charge in [-0.2, -0.15) is 0 Å². The van der Waals surface area contributed by atoms with Crippen molar-refractivity contribution in [3.8, 4) is 0 Å². The topological polar surface area (TPSA) is 29.7 Å². The monoisotopic (exact) mass is 293 g/mol. The fourth-order valence-corrected chi connectivity index (χ4v) is 2.14. The number of rotatable bonds is 5. The van der Waals surface area contributed by atoms with Gasteiger partial charge < -0.3 is 0 Å². The van der Waals surface area contributed by atoms with Gasteiger partial charge in [-0.25, -0.2) is 0 Å². The average Bonchev–Trinajstić information content (AvgIpc) is 2.40. The molecule has 0 aromatic carbocycles. The van der Waals surface area contributed by atoms with Crippen LogP contribution in [0.25, 0.3) is 5.52 Å². The first-order chi connectivity index (χ1) is 9.22. The number of fused-ring (bicyclic) bond motifs is 1. The molecule has 0 saturated heterocycles. The summed E-state index contributed by atoms with van der Waals surface area (Å²) in [6, 6.07) is 6.16. The van der Waals surface area contributed by atoms with Crippen molar-refractivity contribution in [3.63, 3.8) is 0 Å². The third kappa shape index (κ3) is 4.07. The molecule has 0 fully saturated rings. The quantitative estimate of drug-likeness (QED) is 0.774. The van der Waals surface area contributed by atoms with Crippen LogP contribution in [0.3, 0.4) is 0 Å². The molecule has 0 bridgehead atoms. The minimum atomic E-state index is 0. The van der Waals surface area contributed by atoms with Crippen molar-refractivity contribution in [2.24, 2.45) is 10.9 Å². The lowest BCUT2D eigenvalue weighted by atomic mass is 10.1. The largest absolute Gasteiger partial charge is 0.299 e. The molecule has 110 valence electrons. The van der Waals surface area contributed by atoms with Crippen molar-refractivity contribution in [2.75, 3.05) is 6.54 Å². The van der Waals surface area contributed by atoms with E-state index in [4.69, 9.17) is 4.99 Å². The van der Waals surface area contributed by atoms with Crippen molar-refractivity contribution in [3.05, 3.63) is 41.8 Å². The molecule has 2 rings (SSSR count). The van der Waals surface area contributed by atoms with E-state index < -0.39 is 0 Å². The molecule has 0 saturated carbocycles. The number of hydrogen-bond donors (Lipinski definition) is 0. The Bertz CT molecular complexity index is 602. The van der Waals surface area contributed by atoms with Crippen molar-refractivity contribution in [1.29, 1.82) is 0 Å². The average molecular weight is 294 g/mol. The van der Waals surface area contributed by atoms with Gasteiger partial charge in [0.15, 0.2) is 5.49 Å². The second-order valence-electron chi connectivity index (χ2n) is 5.36. The molecule has 2 aromatic heterocycles. The summed E-state index contributed by atoms with van der Waals surface area (Å²) in [4.78, 5) is 9.39. The summed E-state index contributed by atoms with van der Waals surface area (Å²) in [5.74, 6) is 0.592. The van der Waals surface area contributed by atoms with Crippen molar-refractivity contribution < 1.29 is 0 Å². The van der Waals surface area contributed by atoms with E-state index in [2.05, 4.69) is 42.4 Å². The second kappa shape index (κ2) is 8.05. The molecule has 0 atom stereocenters. The predicted molar refractivity (Wildman–Crippen MR) is 86.3 cm³/mol. The molecule has 3 nitrogen and oxygen atoms in total. The molecule has 0 N–H and O–H groups in total. The fourth-order valence-electron chi connectivity index (χ4n) is 2.14. The summed E-state index contributed by atoms with van der Waals surface area (Å²) < 4.78 is 2.15. The van der Waals surface area contributed by atoms with E-state index >= 15 is 0 Å². The molecule has 0 amide bonds. The Balaban J connectivity index is 0.00000200. The number of aromatic nitrogens is 2. The smallest absolute Gasteiger partial charge is 0.154 e. The maximum atomic E-state index is 4.78. The van der Waals surface area contributed by atoms with E-state index in [9.17, 15) is 0 Å². The van der Waals surface area contributed by atoms with Gasteiger partial charge >= 0.3 is 0 Å². The first kappa shape index (κ1) is 16.7. The molecule has 20 heavy (non-hydrogen) atoms. The van der Waals surface area contributed by atoms with E-state index in [1.807, 2.05) is 18.3 Å². The highest BCUT2D eigenvalue weighted by atomic mass is 35.5. The summed E-state index contributed by atoms with van der Waals surface area (Å²) in [7, 11) is 0. The Morgan fingerprint density at radius 2 is 2.10 bits per heavy atom. The molecule has 0 spiro atoms. The number of hydrogen-bond acceptors (Lipinski definition) is 2. The Hall–Kier alpha value is -1.35. The molecule has 0 aliphatic carbocycles. The minimum absolute atomic E-state index is 0. The Kier molecular flexibility index (Phi) is 6.73. The highest BCUT2D eigenvalue weighted by Gasteiger charge is 2.05. The molecule has 0 aliphatic rings. The lowest BCUT2D eigenvalue weighted by molar-refractivity contribution is 0.622. The molecule has 0 radical (unpaired) electrons. The van der Waals surface area contributed by atoms with Gasteiger partial charge in [-0.05, 0) is 30.9 Å². The van der Waals surface area contributed by atoms with Crippen LogP contribution in [-0.4, -0.2) is 15.9 Å². The van der Waals surface area contributed by atoms with Crippen LogP contribution in [0.15, 0.2) is 35.6 Å². The Morgan fingerprint density at radius 3 is 2.80 bits per heavy atom. The number of nitrogens with zero attached hydrogens (tertiary/aromatic N) is 3. The fraction of sp³-hybridized carbons (Fsp3) is 0.500. The Labute approximate surface area is 127 Å². The van der Waals surface area contributed by atoms with E-state index in [1.165, 1.54) is 6.42 Å². The van der Waals surface area contributed by atoms with E-state index in [0.717, 1.165) is 36.1 Å². The van der Waals surface area contributed by atoms with Crippen LogP contribution < -0.4 is 5.49 Å². The number of pyridine rings is 1. The molecule has 2 heterocycles. The first-order valence-corrected chi connectivity index (χ1v) is 7.18.